The van der Waals surface area contributed by atoms with E-state index in [1.165, 1.54) is 0 Å². The van der Waals surface area contributed by atoms with E-state index >= 15 is 0 Å². The average molecular weight is 261 g/mol. The molecule has 3 atom stereocenters. The number of allylic oxidation sites excluding steroid dienone is 3. The minimum atomic E-state index is -0.940. The van der Waals surface area contributed by atoms with Crippen LogP contribution in [0.2, 0.25) is 0 Å². The Morgan fingerprint density at radius 3 is 2.74 bits per heavy atom. The van der Waals surface area contributed by atoms with Crippen molar-refractivity contribution in [3.63, 3.8) is 0 Å². The summed E-state index contributed by atoms with van der Waals surface area (Å²) in [6, 6.07) is 0. The number of aliphatic hydroxyl groups excluding tert-OH is 1. The van der Waals surface area contributed by atoms with Crippen LogP contribution in [0.25, 0.3) is 0 Å². The quantitative estimate of drug-likeness (QED) is 0.612. The summed E-state index contributed by atoms with van der Waals surface area (Å²) < 4.78 is 0. The summed E-state index contributed by atoms with van der Waals surface area (Å²) in [4.78, 5) is 36.4. The van der Waals surface area contributed by atoms with Gasteiger partial charge in [0.15, 0.2) is 11.6 Å². The van der Waals surface area contributed by atoms with Crippen LogP contribution in [0.4, 0.5) is 0 Å². The van der Waals surface area contributed by atoms with Crippen molar-refractivity contribution in [2.45, 2.75) is 31.8 Å². The predicted molar refractivity (Wildman–Crippen MR) is 65.8 cm³/mol. The lowest BCUT2D eigenvalue weighted by Crippen LogP contribution is -2.47. The minimum Gasteiger partial charge on any atom is -0.388 e. The van der Waals surface area contributed by atoms with Crippen molar-refractivity contribution in [2.75, 3.05) is 0 Å². The van der Waals surface area contributed by atoms with Crippen LogP contribution >= 0.6 is 0 Å². The highest BCUT2D eigenvalue weighted by atomic mass is 16.3. The van der Waals surface area contributed by atoms with Crippen LogP contribution < -0.4 is 5.32 Å². The Labute approximate surface area is 110 Å². The maximum Gasteiger partial charge on any atom is 0.224 e. The van der Waals surface area contributed by atoms with Crippen LogP contribution in [0.1, 0.15) is 25.7 Å². The molecule has 0 radical (unpaired) electrons. The second-order valence-corrected chi connectivity index (χ2v) is 5.27. The molecule has 19 heavy (non-hydrogen) atoms. The van der Waals surface area contributed by atoms with Gasteiger partial charge in [0.1, 0.15) is 0 Å². The number of hydrogen-bond acceptors (Lipinski definition) is 4. The van der Waals surface area contributed by atoms with Gasteiger partial charge in [0.2, 0.25) is 5.91 Å². The zero-order valence-electron chi connectivity index (χ0n) is 10.4. The third-order valence-corrected chi connectivity index (χ3v) is 4.10. The molecule has 2 aliphatic carbocycles. The third kappa shape index (κ3) is 1.85. The van der Waals surface area contributed by atoms with E-state index in [4.69, 9.17) is 0 Å². The topological polar surface area (TPSA) is 83.5 Å². The number of aliphatic hydroxyl groups is 1. The lowest BCUT2D eigenvalue weighted by atomic mass is 9.69. The van der Waals surface area contributed by atoms with Gasteiger partial charge in [-0.25, -0.2) is 0 Å². The number of carbonyl (C=O) groups excluding carboxylic acids is 3. The molecule has 3 aliphatic rings. The van der Waals surface area contributed by atoms with Crippen molar-refractivity contribution in [1.29, 1.82) is 0 Å². The monoisotopic (exact) mass is 261 g/mol. The first kappa shape index (κ1) is 12.3. The zero-order chi connectivity index (χ0) is 13.6. The van der Waals surface area contributed by atoms with E-state index < -0.39 is 17.9 Å². The van der Waals surface area contributed by atoms with E-state index in [2.05, 4.69) is 5.32 Å². The fourth-order valence-electron chi connectivity index (χ4n) is 3.15. The summed E-state index contributed by atoms with van der Waals surface area (Å²) in [5.74, 6) is -1.83. The van der Waals surface area contributed by atoms with Gasteiger partial charge in [0.05, 0.1) is 17.7 Å². The number of nitrogens with one attached hydrogen (secondary N) is 1. The molecular formula is C14H15NO4. The van der Waals surface area contributed by atoms with Crippen LogP contribution in [-0.2, 0) is 14.4 Å². The summed E-state index contributed by atoms with van der Waals surface area (Å²) in [6.45, 7) is 0. The van der Waals surface area contributed by atoms with Crippen molar-refractivity contribution in [3.8, 4) is 0 Å². The van der Waals surface area contributed by atoms with Gasteiger partial charge < -0.3 is 10.4 Å². The first-order valence-electron chi connectivity index (χ1n) is 6.55. The van der Waals surface area contributed by atoms with Crippen molar-refractivity contribution in [2.24, 2.45) is 11.8 Å². The Morgan fingerprint density at radius 1 is 1.16 bits per heavy atom. The number of carbonyl (C=O) groups is 3. The van der Waals surface area contributed by atoms with E-state index in [1.807, 2.05) is 0 Å². The second-order valence-electron chi connectivity index (χ2n) is 5.27. The van der Waals surface area contributed by atoms with Crippen LogP contribution in [0, 0.1) is 11.8 Å². The van der Waals surface area contributed by atoms with E-state index in [9.17, 15) is 19.5 Å². The van der Waals surface area contributed by atoms with Gasteiger partial charge in [-0.15, -0.1) is 0 Å². The van der Waals surface area contributed by atoms with Crippen LogP contribution in [0.15, 0.2) is 23.4 Å². The molecule has 5 nitrogen and oxygen atoms in total. The van der Waals surface area contributed by atoms with Gasteiger partial charge >= 0.3 is 0 Å². The molecule has 3 rings (SSSR count). The van der Waals surface area contributed by atoms with Gasteiger partial charge in [-0.05, 0) is 19.3 Å². The molecule has 0 saturated heterocycles. The molecule has 1 aliphatic heterocycles. The van der Waals surface area contributed by atoms with E-state index in [0.29, 0.717) is 31.3 Å². The molecule has 0 fully saturated rings. The maximum atomic E-state index is 12.4. The molecule has 3 unspecified atom stereocenters. The molecule has 1 amide bonds. The molecule has 0 bridgehead atoms. The highest BCUT2D eigenvalue weighted by molar-refractivity contribution is 6.15. The van der Waals surface area contributed by atoms with Crippen molar-refractivity contribution in [3.05, 3.63) is 23.4 Å². The standard InChI is InChI=1S/C14H15NO4/c16-9-5-1-3-7-11(9)14(19)12-8(13(7)18)4-2-6-10(17)15-12/h1,5,7,9,11,16H,2-4,6H2,(H,15,17). The molecule has 0 aromatic rings. The maximum absolute atomic E-state index is 12.4. The smallest absolute Gasteiger partial charge is 0.224 e. The Balaban J connectivity index is 2.06. The van der Waals surface area contributed by atoms with Gasteiger partial charge in [0.25, 0.3) is 0 Å². The van der Waals surface area contributed by atoms with Crippen molar-refractivity contribution in [1.82, 2.24) is 5.32 Å². The Bertz CT molecular complexity index is 532. The summed E-state index contributed by atoms with van der Waals surface area (Å²) in [6.07, 6.45) is 4.21. The lowest BCUT2D eigenvalue weighted by molar-refractivity contribution is -0.135. The molecular weight excluding hydrogens is 246 g/mol. The van der Waals surface area contributed by atoms with Crippen molar-refractivity contribution >= 4 is 17.5 Å². The van der Waals surface area contributed by atoms with E-state index in [0.717, 1.165) is 0 Å². The number of hydrogen-bond donors (Lipinski definition) is 2. The minimum absolute atomic E-state index is 0.0924. The molecule has 100 valence electrons. The summed E-state index contributed by atoms with van der Waals surface area (Å²) in [5.41, 5.74) is 0.572. The Kier molecular flexibility index (Phi) is 2.86. The lowest BCUT2D eigenvalue weighted by Gasteiger charge is -2.35. The SMILES string of the molecule is O=C1CCCC2=C(N1)C(=O)C1C(O)C=CCC1C2=O. The third-order valence-electron chi connectivity index (χ3n) is 4.10. The Hall–Kier alpha value is -1.75. The highest BCUT2D eigenvalue weighted by Crippen LogP contribution is 2.38. The Morgan fingerprint density at radius 2 is 1.95 bits per heavy atom. The molecule has 2 N–H and O–H groups in total. The fourth-order valence-corrected chi connectivity index (χ4v) is 3.15. The van der Waals surface area contributed by atoms with Gasteiger partial charge in [0, 0.05) is 17.9 Å². The number of Topliss-reactive ketones (excluding diaryl/α,β-unsaturated/α-hetero) is 2. The average Bonchev–Trinajstić information content (AvgIpc) is 2.58. The van der Waals surface area contributed by atoms with E-state index in [1.54, 1.807) is 12.2 Å². The molecule has 5 heteroatoms. The number of rotatable bonds is 0. The molecule has 0 spiro atoms. The predicted octanol–water partition coefficient (Wildman–Crippen LogP) is 0.246. The number of fused-ring (bicyclic) bond motifs is 1. The molecule has 0 aromatic heterocycles. The highest BCUT2D eigenvalue weighted by Gasteiger charge is 2.47. The summed E-state index contributed by atoms with van der Waals surface area (Å²) in [5, 5.41) is 12.5. The fraction of sp³-hybridized carbons (Fsp3) is 0.500. The first-order chi connectivity index (χ1) is 9.09. The van der Waals surface area contributed by atoms with Gasteiger partial charge in [-0.3, -0.25) is 14.4 Å². The normalized spacial score (nSPS) is 34.6. The van der Waals surface area contributed by atoms with Crippen LogP contribution in [-0.4, -0.2) is 28.7 Å². The number of ketones is 2. The molecule has 0 saturated carbocycles. The van der Waals surface area contributed by atoms with Gasteiger partial charge in [-0.2, -0.15) is 0 Å². The second kappa shape index (κ2) is 4.42. The van der Waals surface area contributed by atoms with Crippen LogP contribution in [0.3, 0.4) is 0 Å². The van der Waals surface area contributed by atoms with Gasteiger partial charge in [-0.1, -0.05) is 12.2 Å². The number of amides is 1. The summed E-state index contributed by atoms with van der Waals surface area (Å²) >= 11 is 0. The van der Waals surface area contributed by atoms with Crippen molar-refractivity contribution < 1.29 is 19.5 Å². The zero-order valence-corrected chi connectivity index (χ0v) is 10.4. The first-order valence-corrected chi connectivity index (χ1v) is 6.55. The molecule has 1 heterocycles. The molecule has 0 aromatic carbocycles. The van der Waals surface area contributed by atoms with Crippen LogP contribution in [0.5, 0.6) is 0 Å². The van der Waals surface area contributed by atoms with E-state index in [-0.39, 0.29) is 23.2 Å². The largest absolute Gasteiger partial charge is 0.388 e. The summed E-state index contributed by atoms with van der Waals surface area (Å²) in [7, 11) is 0.